The van der Waals surface area contributed by atoms with E-state index < -0.39 is 40.2 Å². The highest BCUT2D eigenvalue weighted by atomic mass is 35.6. The highest BCUT2D eigenvalue weighted by Crippen LogP contribution is 2.27. The van der Waals surface area contributed by atoms with Gasteiger partial charge >= 0.3 is 28.2 Å². The molecule has 13 heteroatoms. The third kappa shape index (κ3) is 15.2. The molecule has 10 nitrogen and oxygen atoms in total. The van der Waals surface area contributed by atoms with Crippen LogP contribution in [-0.2, 0) is 23.8 Å². The van der Waals surface area contributed by atoms with Gasteiger partial charge in [-0.2, -0.15) is 0 Å². The molecule has 0 aromatic heterocycles. The number of hydrogen-bond donors (Lipinski definition) is 3. The van der Waals surface area contributed by atoms with Gasteiger partial charge in [-0.05, 0) is 48.7 Å². The number of carbonyl (C=O) groups is 4. The van der Waals surface area contributed by atoms with Gasteiger partial charge < -0.3 is 30.4 Å². The molecule has 0 aromatic carbocycles. The van der Waals surface area contributed by atoms with Crippen molar-refractivity contribution in [2.45, 2.75) is 29.9 Å². The molecule has 1 rings (SSSR count). The Bertz CT molecular complexity index is 438. The molecular weight excluding hydrogens is 382 g/mol. The van der Waals surface area contributed by atoms with Crippen molar-refractivity contribution in [3.8, 4) is 0 Å². The summed E-state index contributed by atoms with van der Waals surface area (Å²) in [5.74, 6) is -1.47. The maximum Gasteiger partial charge on any atom is 0.511 e. The van der Waals surface area contributed by atoms with Crippen LogP contribution in [0.5, 0.6) is 0 Å². The molecule has 1 fully saturated rings. The number of nitrogens with two attached hydrogens (primary N) is 1. The average Bonchev–Trinajstić information content (AvgIpc) is 2.65. The summed E-state index contributed by atoms with van der Waals surface area (Å²) >= 11 is 15.0. The van der Waals surface area contributed by atoms with Crippen LogP contribution in [0.4, 0.5) is 9.59 Å². The topological polar surface area (TPSA) is 154 Å². The minimum atomic E-state index is -2.03. The van der Waals surface area contributed by atoms with Gasteiger partial charge in [-0.1, -0.05) is 0 Å². The lowest BCUT2D eigenvalue weighted by atomic mass is 10.4. The number of alkyl halides is 3. The molecule has 2 unspecified atom stereocenters. The van der Waals surface area contributed by atoms with Gasteiger partial charge in [0.25, 0.3) is 0 Å². The van der Waals surface area contributed by atoms with Crippen molar-refractivity contribution < 1.29 is 38.5 Å². The van der Waals surface area contributed by atoms with E-state index in [-0.39, 0.29) is 0 Å². The number of aliphatic carboxylic acids is 1. The molecule has 0 bridgehead atoms. The van der Waals surface area contributed by atoms with Crippen LogP contribution >= 0.6 is 34.8 Å². The van der Waals surface area contributed by atoms with Crippen LogP contribution in [0.2, 0.25) is 0 Å². The summed E-state index contributed by atoms with van der Waals surface area (Å²) in [6.07, 6.45) is -1.68. The minimum Gasteiger partial charge on any atom is -0.480 e. The number of carboxylic acid groups (broad SMARTS) is 1. The van der Waals surface area contributed by atoms with Crippen LogP contribution in [-0.4, -0.2) is 52.5 Å². The molecule has 0 radical (unpaired) electrons. The lowest BCUT2D eigenvalue weighted by Crippen LogP contribution is -2.25. The Balaban J connectivity index is 0. The summed E-state index contributed by atoms with van der Waals surface area (Å²) < 4.78 is 10.1. The molecule has 0 spiro atoms. The fourth-order valence-corrected chi connectivity index (χ4v) is 0.770. The van der Waals surface area contributed by atoms with Crippen LogP contribution in [0.25, 0.3) is 0 Å². The normalized spacial score (nSPS) is 17.3. The molecule has 2 atom stereocenters. The van der Waals surface area contributed by atoms with E-state index in [1.54, 1.807) is 6.92 Å². The van der Waals surface area contributed by atoms with E-state index >= 15 is 0 Å². The third-order valence-corrected chi connectivity index (χ3v) is 1.87. The zero-order chi connectivity index (χ0) is 18.8. The van der Waals surface area contributed by atoms with Crippen molar-refractivity contribution in [1.82, 2.24) is 5.32 Å². The first kappa shape index (κ1) is 23.8. The number of carboxylic acids is 1. The van der Waals surface area contributed by atoms with E-state index in [0.717, 1.165) is 7.11 Å². The monoisotopic (exact) mass is 396 g/mol. The summed E-state index contributed by atoms with van der Waals surface area (Å²) in [6.45, 7) is 2.98. The molecule has 1 aliphatic heterocycles. The number of hydrogen-bond acceptors (Lipinski definition) is 8. The molecule has 4 N–H and O–H groups in total. The number of carbonyl (C=O) groups excluding carboxylic acids is 3. The van der Waals surface area contributed by atoms with Gasteiger partial charge in [0.1, 0.15) is 12.1 Å². The Morgan fingerprint density at radius 3 is 1.91 bits per heavy atom. The van der Waals surface area contributed by atoms with E-state index in [9.17, 15) is 19.2 Å². The van der Waals surface area contributed by atoms with Crippen molar-refractivity contribution in [2.75, 3.05) is 7.11 Å². The molecule has 1 aliphatic rings. The lowest BCUT2D eigenvalue weighted by Gasteiger charge is -2.09. The zero-order valence-corrected chi connectivity index (χ0v) is 14.4. The second-order valence-electron chi connectivity index (χ2n) is 3.70. The smallest absolute Gasteiger partial charge is 0.480 e. The molecule has 0 saturated carbocycles. The Morgan fingerprint density at radius 2 is 1.83 bits per heavy atom. The fraction of sp³-hybridized carbons (Fsp3) is 0.600. The second-order valence-corrected chi connectivity index (χ2v) is 5.88. The lowest BCUT2D eigenvalue weighted by molar-refractivity contribution is -0.138. The van der Waals surface area contributed by atoms with Gasteiger partial charge in [0.15, 0.2) is 0 Å². The maximum absolute atomic E-state index is 10.3. The Morgan fingerprint density at radius 1 is 1.39 bits per heavy atom. The number of amides is 1. The number of alkyl carbamates (subject to hydrolysis) is 1. The average molecular weight is 398 g/mol. The fourth-order valence-electron chi connectivity index (χ4n) is 0.581. The molecule has 0 aliphatic carbocycles. The van der Waals surface area contributed by atoms with Crippen LogP contribution in [0, 0.1) is 0 Å². The molecule has 1 amide bonds. The number of cyclic esters (lactones) is 2. The Labute approximate surface area is 146 Å². The van der Waals surface area contributed by atoms with Crippen molar-refractivity contribution in [3.05, 3.63) is 0 Å². The van der Waals surface area contributed by atoms with Gasteiger partial charge in [0, 0.05) is 0 Å². The minimum absolute atomic E-state index is 0.470. The molecule has 23 heavy (non-hydrogen) atoms. The van der Waals surface area contributed by atoms with Crippen LogP contribution in [0.15, 0.2) is 0 Å². The zero-order valence-electron chi connectivity index (χ0n) is 12.2. The molecule has 1 saturated heterocycles. The summed E-state index contributed by atoms with van der Waals surface area (Å²) in [5.41, 5.74) is 4.84. The molecule has 0 aromatic rings. The van der Waals surface area contributed by atoms with Gasteiger partial charge in [-0.3, -0.25) is 4.79 Å². The highest BCUT2D eigenvalue weighted by molar-refractivity contribution is 6.66. The molecule has 1 heterocycles. The summed E-state index contributed by atoms with van der Waals surface area (Å²) in [7, 11) is 1.11. The number of rotatable bonds is 1. The number of ether oxygens (including phenoxy) is 3. The predicted octanol–water partition coefficient (Wildman–Crippen LogP) is 1.16. The summed E-state index contributed by atoms with van der Waals surface area (Å²) in [6, 6.07) is -1.20. The van der Waals surface area contributed by atoms with Gasteiger partial charge in [-0.25, -0.2) is 14.4 Å². The van der Waals surface area contributed by atoms with Gasteiger partial charge in [0.05, 0.1) is 7.11 Å². The van der Waals surface area contributed by atoms with Crippen molar-refractivity contribution >= 4 is 59.0 Å². The quantitative estimate of drug-likeness (QED) is 0.336. The summed E-state index contributed by atoms with van der Waals surface area (Å²) in [4.78, 5) is 40.1. The van der Waals surface area contributed by atoms with E-state index in [1.165, 1.54) is 6.92 Å². The van der Waals surface area contributed by atoms with E-state index in [2.05, 4.69) is 19.5 Å². The van der Waals surface area contributed by atoms with E-state index in [0.29, 0.717) is 0 Å². The van der Waals surface area contributed by atoms with Crippen molar-refractivity contribution in [2.24, 2.45) is 5.73 Å². The highest BCUT2D eigenvalue weighted by Gasteiger charge is 2.27. The SMILES string of the molecule is CC(N)C(=O)O.CC1NC(=O)OC1=O.COC(=O)OC(Cl)(Cl)Cl. The largest absolute Gasteiger partial charge is 0.511 e. The van der Waals surface area contributed by atoms with Gasteiger partial charge in [-0.15, -0.1) is 0 Å². The first-order valence-electron chi connectivity index (χ1n) is 5.64. The molecular formula is C10H15Cl3N2O8. The first-order chi connectivity index (χ1) is 10.3. The number of esters is 1. The maximum atomic E-state index is 10.3. The van der Waals surface area contributed by atoms with Crippen LogP contribution in [0.1, 0.15) is 13.8 Å². The third-order valence-electron chi connectivity index (χ3n) is 1.64. The number of nitrogens with one attached hydrogen (secondary N) is 1. The Kier molecular flexibility index (Phi) is 11.5. The summed E-state index contributed by atoms with van der Waals surface area (Å²) in [5, 5.41) is 10.1. The van der Waals surface area contributed by atoms with E-state index in [1.807, 2.05) is 0 Å². The number of halogens is 3. The second kappa shape index (κ2) is 11.1. The first-order valence-corrected chi connectivity index (χ1v) is 6.77. The number of methoxy groups -OCH3 is 1. The van der Waals surface area contributed by atoms with Crippen LogP contribution < -0.4 is 11.1 Å². The van der Waals surface area contributed by atoms with Gasteiger partial charge in [0.2, 0.25) is 0 Å². The van der Waals surface area contributed by atoms with E-state index in [4.69, 9.17) is 45.6 Å². The standard InChI is InChI=1S/C4H5NO3.C3H3Cl3O3.C3H7NO2/c1-2-3(6)8-4(7)5-2;1-8-2(7)9-3(4,5)6;1-2(4)3(5)6/h2H,1H3,(H,5,7);1H3;2H,4H2,1H3,(H,5,6). The van der Waals surface area contributed by atoms with Crippen molar-refractivity contribution in [1.29, 1.82) is 0 Å². The molecule has 134 valence electrons. The van der Waals surface area contributed by atoms with Crippen molar-refractivity contribution in [3.63, 3.8) is 0 Å². The van der Waals surface area contributed by atoms with Crippen LogP contribution in [0.3, 0.4) is 0 Å². The Hall–Kier alpha value is -1.49. The predicted molar refractivity (Wildman–Crippen MR) is 79.2 cm³/mol.